The van der Waals surface area contributed by atoms with Gasteiger partial charge in [-0.25, -0.2) is 8.78 Å². The van der Waals surface area contributed by atoms with Crippen molar-refractivity contribution in [2.75, 3.05) is 26.2 Å². The third-order valence-electron chi connectivity index (χ3n) is 2.25. The number of aromatic nitrogens is 1. The molecule has 90 valence electrons. The van der Waals surface area contributed by atoms with Crippen molar-refractivity contribution in [2.24, 2.45) is 0 Å². The summed E-state index contributed by atoms with van der Waals surface area (Å²) in [4.78, 5) is 5.51. The molecule has 0 aromatic carbocycles. The molecule has 1 aromatic rings. The first kappa shape index (κ1) is 13.0. The summed E-state index contributed by atoms with van der Waals surface area (Å²) < 4.78 is 24.4. The molecule has 16 heavy (non-hydrogen) atoms. The highest BCUT2D eigenvalue weighted by atomic mass is 19.3. The van der Waals surface area contributed by atoms with Gasteiger partial charge in [0.25, 0.3) is 6.43 Å². The van der Waals surface area contributed by atoms with Gasteiger partial charge >= 0.3 is 0 Å². The van der Waals surface area contributed by atoms with Crippen molar-refractivity contribution in [3.05, 3.63) is 30.1 Å². The minimum Gasteiger partial charge on any atom is -0.395 e. The lowest BCUT2D eigenvalue weighted by Crippen LogP contribution is -2.33. The summed E-state index contributed by atoms with van der Waals surface area (Å²) >= 11 is 0. The van der Waals surface area contributed by atoms with Crippen molar-refractivity contribution in [1.29, 1.82) is 0 Å². The Bertz CT molecular complexity index is 283. The average molecular weight is 230 g/mol. The summed E-state index contributed by atoms with van der Waals surface area (Å²) in [5, 5.41) is 8.75. The van der Waals surface area contributed by atoms with Crippen LogP contribution in [0.5, 0.6) is 0 Å². The lowest BCUT2D eigenvalue weighted by Gasteiger charge is -2.20. The summed E-state index contributed by atoms with van der Waals surface area (Å²) in [6.45, 7) is 0.405. The molecule has 1 rings (SSSR count). The van der Waals surface area contributed by atoms with Gasteiger partial charge in [-0.2, -0.15) is 0 Å². The Labute approximate surface area is 93.7 Å². The van der Waals surface area contributed by atoms with E-state index in [0.717, 1.165) is 5.56 Å². The molecule has 0 fully saturated rings. The number of nitrogens with zero attached hydrogens (tertiary/aromatic N) is 2. The van der Waals surface area contributed by atoms with Gasteiger partial charge in [-0.05, 0) is 18.1 Å². The number of halogens is 2. The molecule has 0 unspecified atom stereocenters. The van der Waals surface area contributed by atoms with Crippen LogP contribution in [-0.2, 0) is 6.42 Å². The SMILES string of the molecule is OCCN(CCc1cccnc1)CC(F)F. The monoisotopic (exact) mass is 230 g/mol. The molecule has 0 aliphatic rings. The molecule has 1 N–H and O–H groups in total. The van der Waals surface area contributed by atoms with Crippen LogP contribution in [0.1, 0.15) is 5.56 Å². The largest absolute Gasteiger partial charge is 0.395 e. The Morgan fingerprint density at radius 3 is 2.75 bits per heavy atom. The fourth-order valence-electron chi connectivity index (χ4n) is 1.46. The molecule has 1 heterocycles. The predicted octanol–water partition coefficient (Wildman–Crippen LogP) is 1.18. The van der Waals surface area contributed by atoms with Crippen LogP contribution in [-0.4, -0.2) is 47.7 Å². The van der Waals surface area contributed by atoms with E-state index in [4.69, 9.17) is 5.11 Å². The van der Waals surface area contributed by atoms with Crippen molar-refractivity contribution < 1.29 is 13.9 Å². The molecule has 0 saturated heterocycles. The highest BCUT2D eigenvalue weighted by Gasteiger charge is 2.11. The maximum atomic E-state index is 12.2. The molecule has 3 nitrogen and oxygen atoms in total. The Morgan fingerprint density at radius 1 is 1.38 bits per heavy atom. The van der Waals surface area contributed by atoms with Gasteiger partial charge in [0.2, 0.25) is 0 Å². The average Bonchev–Trinajstić information content (AvgIpc) is 2.27. The van der Waals surface area contributed by atoms with Crippen molar-refractivity contribution in [3.8, 4) is 0 Å². The van der Waals surface area contributed by atoms with Crippen LogP contribution in [0.4, 0.5) is 8.78 Å². The van der Waals surface area contributed by atoms with E-state index in [9.17, 15) is 8.78 Å². The molecule has 0 aliphatic carbocycles. The molecule has 1 aromatic heterocycles. The minimum absolute atomic E-state index is 0.0975. The Balaban J connectivity index is 2.37. The number of rotatable bonds is 7. The van der Waals surface area contributed by atoms with Crippen LogP contribution in [0, 0.1) is 0 Å². The van der Waals surface area contributed by atoms with E-state index < -0.39 is 6.43 Å². The molecular weight excluding hydrogens is 214 g/mol. The lowest BCUT2D eigenvalue weighted by atomic mass is 10.2. The van der Waals surface area contributed by atoms with Gasteiger partial charge in [0.15, 0.2) is 0 Å². The second kappa shape index (κ2) is 7.24. The molecule has 0 atom stereocenters. The minimum atomic E-state index is -2.36. The molecule has 5 heteroatoms. The number of hydrogen-bond donors (Lipinski definition) is 1. The predicted molar refractivity (Wildman–Crippen MR) is 57.5 cm³/mol. The Hall–Kier alpha value is -1.07. The van der Waals surface area contributed by atoms with Crippen LogP contribution >= 0.6 is 0 Å². The van der Waals surface area contributed by atoms with Gasteiger partial charge in [0.1, 0.15) is 0 Å². The quantitative estimate of drug-likeness (QED) is 0.764. The molecule has 0 saturated carbocycles. The molecular formula is C11H16F2N2O. The van der Waals surface area contributed by atoms with E-state index >= 15 is 0 Å². The van der Waals surface area contributed by atoms with Gasteiger partial charge in [-0.1, -0.05) is 6.07 Å². The normalized spacial score (nSPS) is 11.3. The fraction of sp³-hybridized carbons (Fsp3) is 0.545. The highest BCUT2D eigenvalue weighted by molar-refractivity contribution is 5.08. The second-order valence-corrected chi connectivity index (χ2v) is 3.53. The zero-order chi connectivity index (χ0) is 11.8. The van der Waals surface area contributed by atoms with Gasteiger partial charge < -0.3 is 5.11 Å². The number of aliphatic hydroxyl groups excluding tert-OH is 1. The fourth-order valence-corrected chi connectivity index (χ4v) is 1.46. The van der Waals surface area contributed by atoms with Gasteiger partial charge in [-0.15, -0.1) is 0 Å². The lowest BCUT2D eigenvalue weighted by molar-refractivity contribution is 0.0789. The third kappa shape index (κ3) is 5.14. The first-order chi connectivity index (χ1) is 7.72. The first-order valence-corrected chi connectivity index (χ1v) is 5.22. The maximum Gasteiger partial charge on any atom is 0.251 e. The number of aliphatic hydroxyl groups is 1. The van der Waals surface area contributed by atoms with Gasteiger partial charge in [-0.3, -0.25) is 9.88 Å². The smallest absolute Gasteiger partial charge is 0.251 e. The summed E-state index contributed by atoms with van der Waals surface area (Å²) in [5.41, 5.74) is 1.01. The van der Waals surface area contributed by atoms with E-state index in [1.165, 1.54) is 0 Å². The van der Waals surface area contributed by atoms with Gasteiger partial charge in [0, 0.05) is 25.5 Å². The van der Waals surface area contributed by atoms with E-state index in [2.05, 4.69) is 4.98 Å². The second-order valence-electron chi connectivity index (χ2n) is 3.53. The van der Waals surface area contributed by atoms with E-state index in [1.54, 1.807) is 17.3 Å². The topological polar surface area (TPSA) is 36.4 Å². The Kier molecular flexibility index (Phi) is 5.88. The summed E-state index contributed by atoms with van der Waals surface area (Å²) in [6, 6.07) is 3.73. The number of hydrogen-bond acceptors (Lipinski definition) is 3. The van der Waals surface area contributed by atoms with Crippen molar-refractivity contribution >= 4 is 0 Å². The number of alkyl halides is 2. The van der Waals surface area contributed by atoms with Crippen molar-refractivity contribution in [3.63, 3.8) is 0 Å². The van der Waals surface area contributed by atoms with Crippen LogP contribution in [0.2, 0.25) is 0 Å². The van der Waals surface area contributed by atoms with Crippen LogP contribution in [0.15, 0.2) is 24.5 Å². The molecule has 0 bridgehead atoms. The summed E-state index contributed by atoms with van der Waals surface area (Å²) in [5.74, 6) is 0. The van der Waals surface area contributed by atoms with Crippen molar-refractivity contribution in [1.82, 2.24) is 9.88 Å². The third-order valence-corrected chi connectivity index (χ3v) is 2.25. The molecule has 0 aliphatic heterocycles. The van der Waals surface area contributed by atoms with Crippen LogP contribution < -0.4 is 0 Å². The van der Waals surface area contributed by atoms with Crippen LogP contribution in [0.3, 0.4) is 0 Å². The molecule has 0 radical (unpaired) electrons. The number of pyridine rings is 1. The highest BCUT2D eigenvalue weighted by Crippen LogP contribution is 2.02. The summed E-state index contributed by atoms with van der Waals surface area (Å²) in [7, 11) is 0. The zero-order valence-corrected chi connectivity index (χ0v) is 9.02. The van der Waals surface area contributed by atoms with Gasteiger partial charge in [0.05, 0.1) is 13.2 Å². The summed E-state index contributed by atoms with van der Waals surface area (Å²) in [6.07, 6.45) is 1.70. The molecule has 0 spiro atoms. The van der Waals surface area contributed by atoms with E-state index in [0.29, 0.717) is 13.0 Å². The first-order valence-electron chi connectivity index (χ1n) is 5.22. The van der Waals surface area contributed by atoms with E-state index in [-0.39, 0.29) is 19.7 Å². The molecule has 0 amide bonds. The van der Waals surface area contributed by atoms with Crippen molar-refractivity contribution in [2.45, 2.75) is 12.8 Å². The maximum absolute atomic E-state index is 12.2. The van der Waals surface area contributed by atoms with Crippen LogP contribution in [0.25, 0.3) is 0 Å². The standard InChI is InChI=1S/C11H16F2N2O/c12-11(13)9-15(6-7-16)5-3-10-2-1-4-14-8-10/h1-2,4,8,11,16H,3,5-7,9H2. The Morgan fingerprint density at radius 2 is 2.19 bits per heavy atom. The van der Waals surface area contributed by atoms with E-state index in [1.807, 2.05) is 12.1 Å². The zero-order valence-electron chi connectivity index (χ0n) is 9.02.